The summed E-state index contributed by atoms with van der Waals surface area (Å²) in [6.45, 7) is 2.25. The number of aliphatic carboxylic acids is 1. The van der Waals surface area contributed by atoms with E-state index in [2.05, 4.69) is 6.92 Å². The number of carbonyl (C=O) groups is 1. The highest BCUT2D eigenvalue weighted by Gasteiger charge is 2.15. The summed E-state index contributed by atoms with van der Waals surface area (Å²) in [5.74, 6) is 0.310. The molecule has 1 heterocycles. The van der Waals surface area contributed by atoms with Gasteiger partial charge in [0, 0.05) is 6.42 Å². The first kappa shape index (κ1) is 12.7. The summed E-state index contributed by atoms with van der Waals surface area (Å²) < 4.78 is 3.82. The molecule has 4 nitrogen and oxygen atoms in total. The Morgan fingerprint density at radius 1 is 1.44 bits per heavy atom. The second kappa shape index (κ2) is 6.30. The third-order valence-electron chi connectivity index (χ3n) is 2.77. The smallest absolute Gasteiger partial charge is 0.346 e. The van der Waals surface area contributed by atoms with Crippen LogP contribution in [0.15, 0.2) is 12.4 Å². The molecule has 0 aliphatic heterocycles. The van der Waals surface area contributed by atoms with Crippen molar-refractivity contribution in [2.75, 3.05) is 0 Å². The van der Waals surface area contributed by atoms with Crippen LogP contribution in [0.1, 0.15) is 38.4 Å². The minimum atomic E-state index is -0.786. The highest BCUT2D eigenvalue weighted by atomic mass is 16.4. The summed E-state index contributed by atoms with van der Waals surface area (Å²) in [7, 11) is 1.97. The molecular formula is C12H21N2O2+. The van der Waals surface area contributed by atoms with Crippen molar-refractivity contribution in [1.82, 2.24) is 4.57 Å². The van der Waals surface area contributed by atoms with Crippen molar-refractivity contribution in [3.8, 4) is 0 Å². The normalized spacial score (nSPS) is 10.6. The van der Waals surface area contributed by atoms with Crippen molar-refractivity contribution in [2.24, 2.45) is 7.05 Å². The molecule has 0 bridgehead atoms. The zero-order chi connectivity index (χ0) is 12.0. The molecule has 0 unspecified atom stereocenters. The van der Waals surface area contributed by atoms with Gasteiger partial charge in [0.2, 0.25) is 0 Å². The van der Waals surface area contributed by atoms with Crippen LogP contribution in [-0.4, -0.2) is 15.6 Å². The number of aryl methyl sites for hydroxylation is 1. The number of carboxylic acids is 1. The van der Waals surface area contributed by atoms with Gasteiger partial charge in [0.15, 0.2) is 6.54 Å². The fourth-order valence-electron chi connectivity index (χ4n) is 1.87. The van der Waals surface area contributed by atoms with Gasteiger partial charge in [-0.05, 0) is 6.42 Å². The number of nitrogens with zero attached hydrogens (tertiary/aromatic N) is 2. The van der Waals surface area contributed by atoms with E-state index >= 15 is 0 Å². The van der Waals surface area contributed by atoms with E-state index < -0.39 is 5.97 Å². The Balaban J connectivity index is 2.55. The first-order valence-electron chi connectivity index (χ1n) is 5.90. The first-order valence-corrected chi connectivity index (χ1v) is 5.90. The summed E-state index contributed by atoms with van der Waals surface area (Å²) in [5.41, 5.74) is 0. The largest absolute Gasteiger partial charge is 0.478 e. The SMILES string of the molecule is CCCCCCc1n(CC(=O)O)cc[n+]1C. The Morgan fingerprint density at radius 2 is 2.19 bits per heavy atom. The topological polar surface area (TPSA) is 46.1 Å². The number of imidazole rings is 1. The van der Waals surface area contributed by atoms with Crippen molar-refractivity contribution >= 4 is 5.97 Å². The Hall–Kier alpha value is -1.32. The van der Waals surface area contributed by atoms with Crippen LogP contribution in [-0.2, 0) is 24.8 Å². The molecule has 0 amide bonds. The van der Waals surface area contributed by atoms with Gasteiger partial charge < -0.3 is 5.11 Å². The van der Waals surface area contributed by atoms with Crippen LogP contribution < -0.4 is 4.57 Å². The molecule has 1 rings (SSSR count). The number of rotatable bonds is 7. The van der Waals surface area contributed by atoms with Crippen molar-refractivity contribution in [2.45, 2.75) is 45.6 Å². The van der Waals surface area contributed by atoms with Gasteiger partial charge in [0.05, 0.1) is 7.05 Å². The molecule has 1 aromatic rings. The van der Waals surface area contributed by atoms with Crippen LogP contribution in [0.3, 0.4) is 0 Å². The van der Waals surface area contributed by atoms with Crippen molar-refractivity contribution in [3.05, 3.63) is 18.2 Å². The van der Waals surface area contributed by atoms with Crippen LogP contribution in [0.5, 0.6) is 0 Å². The molecule has 0 aromatic carbocycles. The van der Waals surface area contributed by atoms with Crippen LogP contribution in [0, 0.1) is 0 Å². The Bertz CT molecular complexity index is 345. The number of carboxylic acid groups (broad SMARTS) is 1. The van der Waals surface area contributed by atoms with Gasteiger partial charge in [-0.1, -0.05) is 26.2 Å². The molecule has 0 saturated heterocycles. The average Bonchev–Trinajstić information content (AvgIpc) is 2.55. The van der Waals surface area contributed by atoms with Gasteiger partial charge in [-0.2, -0.15) is 0 Å². The maximum Gasteiger partial charge on any atom is 0.346 e. The van der Waals surface area contributed by atoms with E-state index in [1.807, 2.05) is 28.6 Å². The lowest BCUT2D eigenvalue weighted by Crippen LogP contribution is -2.32. The highest BCUT2D eigenvalue weighted by molar-refractivity contribution is 5.66. The molecule has 0 aliphatic carbocycles. The molecule has 0 fully saturated rings. The minimum absolute atomic E-state index is 0.0595. The van der Waals surface area contributed by atoms with E-state index in [0.29, 0.717) is 0 Å². The lowest BCUT2D eigenvalue weighted by atomic mass is 10.1. The van der Waals surface area contributed by atoms with E-state index in [4.69, 9.17) is 5.11 Å². The predicted molar refractivity (Wildman–Crippen MR) is 61.1 cm³/mol. The molecule has 0 spiro atoms. The average molecular weight is 225 g/mol. The second-order valence-electron chi connectivity index (χ2n) is 4.16. The van der Waals surface area contributed by atoms with Gasteiger partial charge in [0.1, 0.15) is 12.4 Å². The minimum Gasteiger partial charge on any atom is -0.478 e. The van der Waals surface area contributed by atoms with E-state index in [1.165, 1.54) is 19.3 Å². The van der Waals surface area contributed by atoms with Gasteiger partial charge in [-0.25, -0.2) is 13.9 Å². The van der Waals surface area contributed by atoms with Crippen molar-refractivity contribution < 1.29 is 14.5 Å². The summed E-state index contributed by atoms with van der Waals surface area (Å²) in [6.07, 6.45) is 9.53. The van der Waals surface area contributed by atoms with E-state index in [-0.39, 0.29) is 6.54 Å². The van der Waals surface area contributed by atoms with Crippen LogP contribution >= 0.6 is 0 Å². The van der Waals surface area contributed by atoms with Gasteiger partial charge in [-0.15, -0.1) is 0 Å². The lowest BCUT2D eigenvalue weighted by molar-refractivity contribution is -0.678. The molecule has 1 aromatic heterocycles. The van der Waals surface area contributed by atoms with Gasteiger partial charge in [-0.3, -0.25) is 0 Å². The number of aromatic nitrogens is 2. The Morgan fingerprint density at radius 3 is 2.81 bits per heavy atom. The maximum atomic E-state index is 10.7. The molecule has 0 aliphatic rings. The zero-order valence-electron chi connectivity index (χ0n) is 10.1. The van der Waals surface area contributed by atoms with Gasteiger partial charge in [0.25, 0.3) is 5.82 Å². The molecule has 1 N–H and O–H groups in total. The molecular weight excluding hydrogens is 204 g/mol. The Labute approximate surface area is 96.5 Å². The Kier molecular flexibility index (Phi) is 5.02. The van der Waals surface area contributed by atoms with Crippen molar-refractivity contribution in [3.63, 3.8) is 0 Å². The summed E-state index contributed by atoms with van der Waals surface area (Å²) >= 11 is 0. The lowest BCUT2D eigenvalue weighted by Gasteiger charge is -2.00. The van der Waals surface area contributed by atoms with Crippen LogP contribution in [0.25, 0.3) is 0 Å². The molecule has 90 valence electrons. The second-order valence-corrected chi connectivity index (χ2v) is 4.16. The number of hydrogen-bond donors (Lipinski definition) is 1. The zero-order valence-corrected chi connectivity index (χ0v) is 10.1. The third kappa shape index (κ3) is 3.68. The van der Waals surface area contributed by atoms with Crippen LogP contribution in [0.4, 0.5) is 0 Å². The number of hydrogen-bond acceptors (Lipinski definition) is 1. The molecule has 0 atom stereocenters. The monoisotopic (exact) mass is 225 g/mol. The molecule has 0 saturated carbocycles. The predicted octanol–water partition coefficient (Wildman–Crippen LogP) is 1.52. The summed E-state index contributed by atoms with van der Waals surface area (Å²) in [5, 5.41) is 8.78. The quantitative estimate of drug-likeness (QED) is 0.565. The first-order chi connectivity index (χ1) is 7.65. The maximum absolute atomic E-state index is 10.7. The third-order valence-corrected chi connectivity index (χ3v) is 2.77. The summed E-state index contributed by atoms with van der Waals surface area (Å²) in [6, 6.07) is 0. The fraction of sp³-hybridized carbons (Fsp3) is 0.667. The highest BCUT2D eigenvalue weighted by Crippen LogP contribution is 2.05. The van der Waals surface area contributed by atoms with E-state index in [0.717, 1.165) is 18.7 Å². The fourth-order valence-corrected chi connectivity index (χ4v) is 1.87. The van der Waals surface area contributed by atoms with Gasteiger partial charge >= 0.3 is 5.97 Å². The van der Waals surface area contributed by atoms with E-state index in [9.17, 15) is 4.79 Å². The molecule has 4 heteroatoms. The summed E-state index contributed by atoms with van der Waals surface area (Å²) in [4.78, 5) is 10.7. The van der Waals surface area contributed by atoms with Crippen molar-refractivity contribution in [1.29, 1.82) is 0 Å². The molecule has 0 radical (unpaired) electrons. The van der Waals surface area contributed by atoms with Crippen LogP contribution in [0.2, 0.25) is 0 Å². The standard InChI is InChI=1S/C12H20N2O2/c1-3-4-5-6-7-11-13(2)8-9-14(11)10-12(15)16/h8-9H,3-7,10H2,1-2H3/p+1. The number of unbranched alkanes of at least 4 members (excludes halogenated alkanes) is 3. The van der Waals surface area contributed by atoms with E-state index in [1.54, 1.807) is 0 Å². The molecule has 16 heavy (non-hydrogen) atoms.